The minimum Gasteiger partial charge on any atom is -0.497 e. The topological polar surface area (TPSA) is 111 Å². The molecule has 4 heterocycles. The summed E-state index contributed by atoms with van der Waals surface area (Å²) in [6.07, 6.45) is 11.3. The highest BCUT2D eigenvalue weighted by Gasteiger charge is 2.35. The summed E-state index contributed by atoms with van der Waals surface area (Å²) in [5.74, 6) is 1.42. The number of H-pyrrole nitrogens is 1. The molecule has 2 aliphatic rings. The fourth-order valence-electron chi connectivity index (χ4n) is 6.03. The Morgan fingerprint density at radius 3 is 2.82 bits per heavy atom. The van der Waals surface area contributed by atoms with Crippen LogP contribution in [0, 0.1) is 0 Å². The van der Waals surface area contributed by atoms with Crippen LogP contribution < -0.4 is 10.3 Å². The molecule has 2 fully saturated rings. The first kappa shape index (κ1) is 25.6. The predicted molar refractivity (Wildman–Crippen MR) is 147 cm³/mol. The molecule has 0 bridgehead atoms. The van der Waals surface area contributed by atoms with Crippen molar-refractivity contribution < 1.29 is 9.47 Å². The van der Waals surface area contributed by atoms with Crippen molar-refractivity contribution in [1.82, 2.24) is 35.1 Å². The fraction of sp³-hybridized carbons (Fsp3) is 0.483. The molecule has 3 aromatic heterocycles. The first-order chi connectivity index (χ1) is 19.2. The SMILES string of the molecule is COc1ccc2[nH]c(=O)c([C@@H](c3nnnn3C3CCCCC3)N(Cc3cccnc3)C[C@@H]3CCCO3)cc2c1. The van der Waals surface area contributed by atoms with Gasteiger partial charge in [0.15, 0.2) is 5.82 Å². The van der Waals surface area contributed by atoms with Crippen molar-refractivity contribution in [3.63, 3.8) is 0 Å². The van der Waals surface area contributed by atoms with E-state index in [2.05, 4.69) is 36.5 Å². The van der Waals surface area contributed by atoms with Gasteiger partial charge in [0.25, 0.3) is 5.56 Å². The summed E-state index contributed by atoms with van der Waals surface area (Å²) in [6.45, 7) is 1.98. The van der Waals surface area contributed by atoms with Gasteiger partial charge in [-0.05, 0) is 72.0 Å². The Bertz CT molecular complexity index is 1440. The van der Waals surface area contributed by atoms with Gasteiger partial charge in [0.2, 0.25) is 0 Å². The zero-order valence-corrected chi connectivity index (χ0v) is 22.3. The zero-order chi connectivity index (χ0) is 26.6. The van der Waals surface area contributed by atoms with E-state index >= 15 is 0 Å². The van der Waals surface area contributed by atoms with E-state index in [1.54, 1.807) is 13.3 Å². The highest BCUT2D eigenvalue weighted by molar-refractivity contribution is 5.80. The Balaban J connectivity index is 1.50. The van der Waals surface area contributed by atoms with Gasteiger partial charge in [-0.1, -0.05) is 25.3 Å². The number of fused-ring (bicyclic) bond motifs is 1. The minimum absolute atomic E-state index is 0.0721. The number of pyridine rings is 2. The number of rotatable bonds is 9. The maximum Gasteiger partial charge on any atom is 0.253 e. The van der Waals surface area contributed by atoms with Crippen molar-refractivity contribution in [1.29, 1.82) is 0 Å². The monoisotopic (exact) mass is 529 g/mol. The lowest BCUT2D eigenvalue weighted by molar-refractivity contribution is 0.0567. The molecule has 1 aliphatic carbocycles. The van der Waals surface area contributed by atoms with Crippen molar-refractivity contribution in [3.8, 4) is 5.75 Å². The first-order valence-corrected chi connectivity index (χ1v) is 13.9. The molecule has 10 heteroatoms. The summed E-state index contributed by atoms with van der Waals surface area (Å²) < 4.78 is 13.5. The second-order valence-corrected chi connectivity index (χ2v) is 10.6. The van der Waals surface area contributed by atoms with Crippen molar-refractivity contribution in [2.45, 2.75) is 69.7 Å². The van der Waals surface area contributed by atoms with E-state index in [9.17, 15) is 4.79 Å². The fourth-order valence-corrected chi connectivity index (χ4v) is 6.03. The molecule has 39 heavy (non-hydrogen) atoms. The summed E-state index contributed by atoms with van der Waals surface area (Å²) in [6, 6.07) is 11.4. The summed E-state index contributed by atoms with van der Waals surface area (Å²) in [7, 11) is 1.64. The molecular weight excluding hydrogens is 494 g/mol. The standard InChI is InChI=1S/C29H35N7O3/c1-38-23-11-12-26-21(15-23)16-25(29(37)31-26)27(28-32-33-34-36(28)22-8-3-2-4-9-22)35(19-24-10-6-14-39-24)18-20-7-5-13-30-17-20/h5,7,11-13,15-17,22,24,27H,2-4,6,8-10,14,18-19H2,1H3,(H,31,37)/t24-,27-/m0/s1. The number of benzene rings is 1. The zero-order valence-electron chi connectivity index (χ0n) is 22.3. The lowest BCUT2D eigenvalue weighted by atomic mass is 9.95. The second kappa shape index (κ2) is 11.6. The number of hydrogen-bond acceptors (Lipinski definition) is 8. The molecule has 1 aliphatic heterocycles. The molecule has 10 nitrogen and oxygen atoms in total. The van der Waals surface area contributed by atoms with Crippen LogP contribution in [0.1, 0.15) is 74.0 Å². The van der Waals surface area contributed by atoms with Gasteiger partial charge >= 0.3 is 0 Å². The van der Waals surface area contributed by atoms with Crippen LogP contribution in [0.2, 0.25) is 0 Å². The minimum atomic E-state index is -0.481. The van der Waals surface area contributed by atoms with Crippen molar-refractivity contribution in [2.75, 3.05) is 20.3 Å². The third-order valence-electron chi connectivity index (χ3n) is 7.99. The van der Waals surface area contributed by atoms with E-state index in [0.29, 0.717) is 24.5 Å². The Morgan fingerprint density at radius 2 is 2.05 bits per heavy atom. The normalized spacial score (nSPS) is 19.1. The number of aromatic amines is 1. The molecular formula is C29H35N7O3. The van der Waals surface area contributed by atoms with Crippen molar-refractivity contribution in [3.05, 3.63) is 76.1 Å². The number of hydrogen-bond donors (Lipinski definition) is 1. The van der Waals surface area contributed by atoms with Crippen LogP contribution >= 0.6 is 0 Å². The third-order valence-corrected chi connectivity index (χ3v) is 7.99. The molecule has 0 amide bonds. The van der Waals surface area contributed by atoms with Crippen LogP contribution in [0.5, 0.6) is 5.75 Å². The van der Waals surface area contributed by atoms with E-state index in [1.807, 2.05) is 41.2 Å². The quantitative estimate of drug-likeness (QED) is 0.344. The van der Waals surface area contributed by atoms with Gasteiger partial charge in [-0.2, -0.15) is 0 Å². The van der Waals surface area contributed by atoms with Gasteiger partial charge < -0.3 is 14.5 Å². The summed E-state index contributed by atoms with van der Waals surface area (Å²) in [5.41, 5.74) is 2.26. The second-order valence-electron chi connectivity index (χ2n) is 10.6. The molecule has 1 N–H and O–H groups in total. The van der Waals surface area contributed by atoms with E-state index in [1.165, 1.54) is 6.42 Å². The van der Waals surface area contributed by atoms with Crippen LogP contribution in [0.25, 0.3) is 10.9 Å². The Labute approximate surface area is 227 Å². The van der Waals surface area contributed by atoms with Crippen LogP contribution in [0.3, 0.4) is 0 Å². The molecule has 204 valence electrons. The highest BCUT2D eigenvalue weighted by Crippen LogP contribution is 2.34. The molecule has 0 spiro atoms. The lowest BCUT2D eigenvalue weighted by Gasteiger charge is -2.34. The smallest absolute Gasteiger partial charge is 0.253 e. The largest absolute Gasteiger partial charge is 0.497 e. The van der Waals surface area contributed by atoms with Gasteiger partial charge in [-0.3, -0.25) is 14.7 Å². The average Bonchev–Trinajstić information content (AvgIpc) is 3.67. The van der Waals surface area contributed by atoms with Gasteiger partial charge in [-0.15, -0.1) is 5.10 Å². The van der Waals surface area contributed by atoms with Gasteiger partial charge in [0, 0.05) is 48.6 Å². The highest BCUT2D eigenvalue weighted by atomic mass is 16.5. The van der Waals surface area contributed by atoms with Crippen LogP contribution in [0.4, 0.5) is 0 Å². The number of methoxy groups -OCH3 is 1. The summed E-state index contributed by atoms with van der Waals surface area (Å²) >= 11 is 0. The number of aromatic nitrogens is 6. The Kier molecular flexibility index (Phi) is 7.64. The van der Waals surface area contributed by atoms with E-state index < -0.39 is 6.04 Å². The van der Waals surface area contributed by atoms with E-state index in [4.69, 9.17) is 9.47 Å². The maximum atomic E-state index is 13.8. The van der Waals surface area contributed by atoms with Crippen LogP contribution in [0.15, 0.2) is 53.6 Å². The number of nitrogens with zero attached hydrogens (tertiary/aromatic N) is 6. The maximum absolute atomic E-state index is 13.8. The molecule has 6 rings (SSSR count). The summed E-state index contributed by atoms with van der Waals surface area (Å²) in [5, 5.41) is 14.1. The number of nitrogens with one attached hydrogen (secondary N) is 1. The van der Waals surface area contributed by atoms with Crippen LogP contribution in [-0.4, -0.2) is 61.4 Å². The summed E-state index contributed by atoms with van der Waals surface area (Å²) in [4.78, 5) is 23.5. The van der Waals surface area contributed by atoms with Crippen LogP contribution in [-0.2, 0) is 11.3 Å². The van der Waals surface area contributed by atoms with Gasteiger partial charge in [0.1, 0.15) is 11.8 Å². The Morgan fingerprint density at radius 1 is 1.15 bits per heavy atom. The first-order valence-electron chi connectivity index (χ1n) is 13.9. The van der Waals surface area contributed by atoms with Gasteiger partial charge in [-0.25, -0.2) is 4.68 Å². The van der Waals surface area contributed by atoms with Crippen molar-refractivity contribution in [2.24, 2.45) is 0 Å². The average molecular weight is 530 g/mol. The molecule has 4 aromatic rings. The van der Waals surface area contributed by atoms with Gasteiger partial charge in [0.05, 0.1) is 19.3 Å². The molecule has 2 atom stereocenters. The number of tetrazole rings is 1. The number of ether oxygens (including phenoxy) is 2. The Hall–Kier alpha value is -3.63. The lowest BCUT2D eigenvalue weighted by Crippen LogP contribution is -2.39. The molecule has 1 saturated carbocycles. The molecule has 0 radical (unpaired) electrons. The molecule has 0 unspecified atom stereocenters. The van der Waals surface area contributed by atoms with Crippen molar-refractivity contribution >= 4 is 10.9 Å². The van der Waals surface area contributed by atoms with E-state index in [-0.39, 0.29) is 17.7 Å². The van der Waals surface area contributed by atoms with E-state index in [0.717, 1.165) is 67.3 Å². The third kappa shape index (κ3) is 5.58. The molecule has 1 aromatic carbocycles. The molecule has 1 saturated heterocycles. The predicted octanol–water partition coefficient (Wildman–Crippen LogP) is 4.19.